The molecule has 0 spiro atoms. The predicted molar refractivity (Wildman–Crippen MR) is 86.0 cm³/mol. The first-order chi connectivity index (χ1) is 9.99. The third-order valence-electron chi connectivity index (χ3n) is 2.78. The molecule has 6 heteroatoms. The molecule has 21 heavy (non-hydrogen) atoms. The van der Waals surface area contributed by atoms with Crippen molar-refractivity contribution in [2.45, 2.75) is 11.8 Å². The Morgan fingerprint density at radius 3 is 2.62 bits per heavy atom. The molecule has 0 saturated heterocycles. The Bertz CT molecular complexity index is 716. The van der Waals surface area contributed by atoms with Crippen molar-refractivity contribution in [2.24, 2.45) is 0 Å². The Morgan fingerprint density at radius 1 is 1.14 bits per heavy atom. The molecule has 0 aliphatic heterocycles. The Balaban J connectivity index is 1.90. The van der Waals surface area contributed by atoms with E-state index in [1.807, 2.05) is 31.2 Å². The maximum atomic E-state index is 12.1. The lowest BCUT2D eigenvalue weighted by molar-refractivity contribution is 0.322. The molecule has 0 atom stereocenters. The van der Waals surface area contributed by atoms with E-state index in [1.165, 1.54) is 0 Å². The van der Waals surface area contributed by atoms with E-state index in [4.69, 9.17) is 4.74 Å². The van der Waals surface area contributed by atoms with E-state index in [1.54, 1.807) is 24.3 Å². The average molecular weight is 370 g/mol. The van der Waals surface area contributed by atoms with Crippen LogP contribution in [0.4, 0.5) is 0 Å². The van der Waals surface area contributed by atoms with Gasteiger partial charge in [0.25, 0.3) is 0 Å². The zero-order valence-electron chi connectivity index (χ0n) is 11.5. The van der Waals surface area contributed by atoms with Crippen molar-refractivity contribution in [1.82, 2.24) is 4.72 Å². The van der Waals surface area contributed by atoms with Crippen LogP contribution in [-0.2, 0) is 10.0 Å². The normalized spacial score (nSPS) is 11.3. The fourth-order valence-electron chi connectivity index (χ4n) is 1.79. The minimum Gasteiger partial charge on any atom is -0.492 e. The van der Waals surface area contributed by atoms with Crippen LogP contribution in [0.2, 0.25) is 0 Å². The van der Waals surface area contributed by atoms with Crippen LogP contribution in [0.1, 0.15) is 5.56 Å². The average Bonchev–Trinajstić information content (AvgIpc) is 2.44. The first-order valence-corrected chi connectivity index (χ1v) is 8.70. The van der Waals surface area contributed by atoms with Gasteiger partial charge in [-0.25, -0.2) is 13.1 Å². The van der Waals surface area contributed by atoms with Gasteiger partial charge in [0, 0.05) is 11.0 Å². The number of hydrogen-bond acceptors (Lipinski definition) is 3. The lowest BCUT2D eigenvalue weighted by Gasteiger charge is -2.10. The van der Waals surface area contributed by atoms with E-state index in [2.05, 4.69) is 20.7 Å². The van der Waals surface area contributed by atoms with Gasteiger partial charge >= 0.3 is 0 Å². The lowest BCUT2D eigenvalue weighted by Crippen LogP contribution is -2.28. The molecule has 0 heterocycles. The largest absolute Gasteiger partial charge is 0.492 e. The van der Waals surface area contributed by atoms with Crippen LogP contribution in [0.15, 0.2) is 57.9 Å². The van der Waals surface area contributed by atoms with Gasteiger partial charge in [0.2, 0.25) is 10.0 Å². The van der Waals surface area contributed by atoms with Crippen LogP contribution in [0.5, 0.6) is 5.75 Å². The van der Waals surface area contributed by atoms with Crippen molar-refractivity contribution in [3.8, 4) is 5.75 Å². The number of hydrogen-bond donors (Lipinski definition) is 1. The number of rotatable bonds is 6. The molecule has 2 rings (SSSR count). The van der Waals surface area contributed by atoms with Gasteiger partial charge in [-0.15, -0.1) is 0 Å². The molecule has 0 aromatic heterocycles. The van der Waals surface area contributed by atoms with E-state index in [0.29, 0.717) is 4.47 Å². The van der Waals surface area contributed by atoms with Crippen molar-refractivity contribution in [2.75, 3.05) is 13.2 Å². The molecule has 0 aliphatic rings. The highest BCUT2D eigenvalue weighted by Gasteiger charge is 2.16. The SMILES string of the molecule is Cc1cccc(OCCNS(=O)(=O)c2ccccc2Br)c1. The van der Waals surface area contributed by atoms with Gasteiger partial charge in [-0.3, -0.25) is 0 Å². The van der Waals surface area contributed by atoms with Crippen molar-refractivity contribution in [3.63, 3.8) is 0 Å². The number of halogens is 1. The molecule has 1 N–H and O–H groups in total. The number of ether oxygens (including phenoxy) is 1. The summed E-state index contributed by atoms with van der Waals surface area (Å²) < 4.78 is 32.8. The Hall–Kier alpha value is -1.37. The fourth-order valence-corrected chi connectivity index (χ4v) is 3.80. The van der Waals surface area contributed by atoms with Gasteiger partial charge < -0.3 is 4.74 Å². The second-order valence-corrected chi connectivity index (χ2v) is 7.08. The predicted octanol–water partition coefficient (Wildman–Crippen LogP) is 3.11. The molecular weight excluding hydrogens is 354 g/mol. The molecule has 0 amide bonds. The molecule has 0 unspecified atom stereocenters. The summed E-state index contributed by atoms with van der Waals surface area (Å²) in [6, 6.07) is 14.3. The van der Waals surface area contributed by atoms with Crippen molar-refractivity contribution < 1.29 is 13.2 Å². The first kappa shape index (κ1) is 16.0. The summed E-state index contributed by atoms with van der Waals surface area (Å²) in [6.45, 7) is 2.45. The Morgan fingerprint density at radius 2 is 1.90 bits per heavy atom. The van der Waals surface area contributed by atoms with E-state index in [0.717, 1.165) is 11.3 Å². The summed E-state index contributed by atoms with van der Waals surface area (Å²) in [4.78, 5) is 0.223. The van der Waals surface area contributed by atoms with Crippen molar-refractivity contribution in [3.05, 3.63) is 58.6 Å². The Kier molecular flexibility index (Phi) is 5.39. The minimum absolute atomic E-state index is 0.206. The van der Waals surface area contributed by atoms with E-state index in [9.17, 15) is 8.42 Å². The van der Waals surface area contributed by atoms with Gasteiger partial charge in [-0.2, -0.15) is 0 Å². The first-order valence-electron chi connectivity index (χ1n) is 6.43. The highest BCUT2D eigenvalue weighted by atomic mass is 79.9. The molecule has 0 aliphatic carbocycles. The van der Waals surface area contributed by atoms with Crippen LogP contribution >= 0.6 is 15.9 Å². The number of benzene rings is 2. The summed E-state index contributed by atoms with van der Waals surface area (Å²) in [5.74, 6) is 0.732. The molecule has 2 aromatic rings. The third kappa shape index (κ3) is 4.56. The van der Waals surface area contributed by atoms with Crippen LogP contribution in [-0.4, -0.2) is 21.6 Å². The van der Waals surface area contributed by atoms with Gasteiger partial charge in [0.15, 0.2) is 0 Å². The molecule has 4 nitrogen and oxygen atoms in total. The molecule has 0 bridgehead atoms. The van der Waals surface area contributed by atoms with Gasteiger partial charge in [-0.1, -0.05) is 24.3 Å². The number of nitrogens with one attached hydrogen (secondary N) is 1. The molecule has 0 saturated carbocycles. The number of aryl methyl sites for hydroxylation is 1. The van der Waals surface area contributed by atoms with Gasteiger partial charge in [-0.05, 0) is 52.7 Å². The highest BCUT2D eigenvalue weighted by molar-refractivity contribution is 9.10. The van der Waals surface area contributed by atoms with E-state index in [-0.39, 0.29) is 18.0 Å². The second kappa shape index (κ2) is 7.06. The third-order valence-corrected chi connectivity index (χ3v) is 5.25. The number of sulfonamides is 1. The zero-order valence-corrected chi connectivity index (χ0v) is 13.9. The standard InChI is InChI=1S/C15H16BrNO3S/c1-12-5-4-6-13(11-12)20-10-9-17-21(18,19)15-8-3-2-7-14(15)16/h2-8,11,17H,9-10H2,1H3. The minimum atomic E-state index is -3.53. The van der Waals surface area contributed by atoms with E-state index < -0.39 is 10.0 Å². The summed E-state index contributed by atoms with van der Waals surface area (Å²) >= 11 is 3.24. The second-order valence-electron chi connectivity index (χ2n) is 4.49. The van der Waals surface area contributed by atoms with Crippen LogP contribution in [0.3, 0.4) is 0 Å². The molecule has 0 fully saturated rings. The molecule has 2 aromatic carbocycles. The molecule has 0 radical (unpaired) electrons. The Labute approximate surface area is 133 Å². The van der Waals surface area contributed by atoms with E-state index >= 15 is 0 Å². The topological polar surface area (TPSA) is 55.4 Å². The summed E-state index contributed by atoms with van der Waals surface area (Å²) in [6.07, 6.45) is 0. The maximum absolute atomic E-state index is 12.1. The van der Waals surface area contributed by atoms with Crippen LogP contribution < -0.4 is 9.46 Å². The summed E-state index contributed by atoms with van der Waals surface area (Å²) in [5.41, 5.74) is 1.10. The quantitative estimate of drug-likeness (QED) is 0.795. The van der Waals surface area contributed by atoms with Gasteiger partial charge in [0.1, 0.15) is 12.4 Å². The monoisotopic (exact) mass is 369 g/mol. The van der Waals surface area contributed by atoms with Crippen molar-refractivity contribution in [1.29, 1.82) is 0 Å². The summed E-state index contributed by atoms with van der Waals surface area (Å²) in [7, 11) is -3.53. The summed E-state index contributed by atoms with van der Waals surface area (Å²) in [5, 5.41) is 0. The van der Waals surface area contributed by atoms with Crippen molar-refractivity contribution >= 4 is 26.0 Å². The van der Waals surface area contributed by atoms with Gasteiger partial charge in [0.05, 0.1) is 4.90 Å². The smallest absolute Gasteiger partial charge is 0.241 e. The molecular formula is C15H16BrNO3S. The highest BCUT2D eigenvalue weighted by Crippen LogP contribution is 2.20. The van der Waals surface area contributed by atoms with Crippen LogP contribution in [0, 0.1) is 6.92 Å². The van der Waals surface area contributed by atoms with Crippen LogP contribution in [0.25, 0.3) is 0 Å². The lowest BCUT2D eigenvalue weighted by atomic mass is 10.2. The maximum Gasteiger partial charge on any atom is 0.241 e. The fraction of sp³-hybridized carbons (Fsp3) is 0.200. The molecule has 112 valence electrons. The zero-order chi connectivity index (χ0) is 15.3.